The maximum absolute atomic E-state index is 7.35. The van der Waals surface area contributed by atoms with Crippen LogP contribution in [0.2, 0.25) is 5.02 Å². The molecule has 2 nitrogen and oxygen atoms in total. The summed E-state index contributed by atoms with van der Waals surface area (Å²) in [5.74, 6) is 0. The molecule has 0 atom stereocenters. The van der Waals surface area contributed by atoms with E-state index in [9.17, 15) is 0 Å². The molecule has 0 fully saturated rings. The van der Waals surface area contributed by atoms with Gasteiger partial charge in [0.25, 0.3) is 0 Å². The molecule has 0 aliphatic heterocycles. The van der Waals surface area contributed by atoms with E-state index in [0.29, 0.717) is 0 Å². The van der Waals surface area contributed by atoms with E-state index in [1.807, 2.05) is 0 Å². The van der Waals surface area contributed by atoms with Crippen molar-refractivity contribution in [3.8, 4) is 27.9 Å². The number of halogens is 1. The number of fused-ring (bicyclic) bond motifs is 6. The molecular formula is C45H33ClN2. The molecule has 1 aliphatic rings. The van der Waals surface area contributed by atoms with E-state index in [1.54, 1.807) is 0 Å². The van der Waals surface area contributed by atoms with E-state index in [0.717, 1.165) is 49.6 Å². The first kappa shape index (κ1) is 28.6. The SMILES string of the molecule is CC1(C)c2ccccc2-c2ccc(N(c3ccccc3)c3cc(Cl)c4c5ccccc5n(-c5cccc(-c6ccccc6)c5)c4c3)cc21. The summed E-state index contributed by atoms with van der Waals surface area (Å²) in [5, 5.41) is 2.92. The molecular weight excluding hydrogens is 604 g/mol. The fraction of sp³-hybridized carbons (Fsp3) is 0.0667. The quantitative estimate of drug-likeness (QED) is 0.182. The van der Waals surface area contributed by atoms with Crippen LogP contribution in [0.4, 0.5) is 17.1 Å². The number of rotatable bonds is 5. The lowest BCUT2D eigenvalue weighted by Gasteiger charge is -2.28. The topological polar surface area (TPSA) is 8.17 Å². The smallest absolute Gasteiger partial charge is 0.0576 e. The second kappa shape index (κ2) is 11.0. The van der Waals surface area contributed by atoms with Gasteiger partial charge in [0.1, 0.15) is 0 Å². The molecule has 0 saturated heterocycles. The van der Waals surface area contributed by atoms with Crippen molar-refractivity contribution < 1.29 is 0 Å². The third-order valence-corrected chi connectivity index (χ3v) is 10.3. The third-order valence-electron chi connectivity index (χ3n) is 10.0. The zero-order valence-corrected chi connectivity index (χ0v) is 27.6. The first-order valence-electron chi connectivity index (χ1n) is 16.5. The van der Waals surface area contributed by atoms with Crippen molar-refractivity contribution in [3.05, 3.63) is 180 Å². The van der Waals surface area contributed by atoms with E-state index < -0.39 is 0 Å². The van der Waals surface area contributed by atoms with E-state index in [1.165, 1.54) is 33.4 Å². The molecule has 230 valence electrons. The van der Waals surface area contributed by atoms with Gasteiger partial charge in [0.05, 0.1) is 16.1 Å². The third kappa shape index (κ3) is 4.41. The van der Waals surface area contributed by atoms with Crippen molar-refractivity contribution in [1.29, 1.82) is 0 Å². The predicted octanol–water partition coefficient (Wildman–Crippen LogP) is 12.9. The molecule has 1 aliphatic carbocycles. The van der Waals surface area contributed by atoms with Gasteiger partial charge in [0, 0.05) is 38.9 Å². The number of nitrogens with zero attached hydrogens (tertiary/aromatic N) is 2. The van der Waals surface area contributed by atoms with Gasteiger partial charge in [0.15, 0.2) is 0 Å². The summed E-state index contributed by atoms with van der Waals surface area (Å²) >= 11 is 7.35. The highest BCUT2D eigenvalue weighted by Crippen LogP contribution is 2.51. The molecule has 48 heavy (non-hydrogen) atoms. The molecule has 0 unspecified atom stereocenters. The minimum atomic E-state index is -0.109. The summed E-state index contributed by atoms with van der Waals surface area (Å²) < 4.78 is 2.36. The molecule has 0 saturated carbocycles. The minimum Gasteiger partial charge on any atom is -0.310 e. The lowest BCUT2D eigenvalue weighted by Crippen LogP contribution is -2.16. The van der Waals surface area contributed by atoms with Crippen molar-refractivity contribution in [3.63, 3.8) is 0 Å². The van der Waals surface area contributed by atoms with Gasteiger partial charge in [-0.3, -0.25) is 0 Å². The highest BCUT2D eigenvalue weighted by molar-refractivity contribution is 6.38. The van der Waals surface area contributed by atoms with Crippen LogP contribution in [0.3, 0.4) is 0 Å². The number of hydrogen-bond acceptors (Lipinski definition) is 1. The van der Waals surface area contributed by atoms with Crippen molar-refractivity contribution in [2.75, 3.05) is 4.90 Å². The van der Waals surface area contributed by atoms with Gasteiger partial charge in [-0.25, -0.2) is 0 Å². The molecule has 0 radical (unpaired) electrons. The molecule has 1 heterocycles. The van der Waals surface area contributed by atoms with Gasteiger partial charge in [-0.2, -0.15) is 0 Å². The maximum Gasteiger partial charge on any atom is 0.0576 e. The van der Waals surface area contributed by atoms with E-state index in [-0.39, 0.29) is 5.41 Å². The highest BCUT2D eigenvalue weighted by Gasteiger charge is 2.35. The van der Waals surface area contributed by atoms with Crippen LogP contribution in [0, 0.1) is 0 Å². The summed E-state index contributed by atoms with van der Waals surface area (Å²) in [6, 6.07) is 58.7. The monoisotopic (exact) mass is 636 g/mol. The average Bonchev–Trinajstić information content (AvgIpc) is 3.58. The fourth-order valence-electron chi connectivity index (χ4n) is 7.75. The first-order valence-corrected chi connectivity index (χ1v) is 16.8. The molecule has 7 aromatic carbocycles. The Morgan fingerprint density at radius 1 is 0.500 bits per heavy atom. The summed E-state index contributed by atoms with van der Waals surface area (Å²) in [6.07, 6.45) is 0. The van der Waals surface area contributed by atoms with E-state index >= 15 is 0 Å². The molecule has 1 aromatic heterocycles. The molecule has 0 amide bonds. The molecule has 3 heteroatoms. The van der Waals surface area contributed by atoms with Crippen LogP contribution in [0.1, 0.15) is 25.0 Å². The van der Waals surface area contributed by atoms with Crippen molar-refractivity contribution in [2.45, 2.75) is 19.3 Å². The van der Waals surface area contributed by atoms with Gasteiger partial charge in [-0.05, 0) is 88.0 Å². The standard InChI is InChI=1S/C45H33ClN2/c1-45(2)39-22-11-9-20-36(39)37-25-24-34(27-40(37)45)47(32-17-7-4-8-18-32)35-28-41(46)44-38-21-10-12-23-42(38)48(43(44)29-35)33-19-13-16-31(26-33)30-14-5-3-6-15-30/h3-29H,1-2H3. The van der Waals surface area contributed by atoms with Crippen molar-refractivity contribution >= 4 is 50.5 Å². The summed E-state index contributed by atoms with van der Waals surface area (Å²) in [4.78, 5) is 2.34. The summed E-state index contributed by atoms with van der Waals surface area (Å²) in [7, 11) is 0. The van der Waals surface area contributed by atoms with Gasteiger partial charge >= 0.3 is 0 Å². The van der Waals surface area contributed by atoms with Crippen LogP contribution in [-0.4, -0.2) is 4.57 Å². The number of para-hydroxylation sites is 2. The van der Waals surface area contributed by atoms with E-state index in [4.69, 9.17) is 11.6 Å². The summed E-state index contributed by atoms with van der Waals surface area (Å²) in [6.45, 7) is 4.67. The van der Waals surface area contributed by atoms with Gasteiger partial charge in [0.2, 0.25) is 0 Å². The Morgan fingerprint density at radius 3 is 2.02 bits per heavy atom. The van der Waals surface area contributed by atoms with Gasteiger partial charge < -0.3 is 9.47 Å². The zero-order chi connectivity index (χ0) is 32.4. The van der Waals surface area contributed by atoms with Crippen LogP contribution in [-0.2, 0) is 5.41 Å². The Kier molecular flexibility index (Phi) is 6.57. The molecule has 8 aromatic rings. The summed E-state index contributed by atoms with van der Waals surface area (Å²) in [5.41, 5.74) is 14.1. The molecule has 9 rings (SSSR count). The maximum atomic E-state index is 7.35. The van der Waals surface area contributed by atoms with E-state index in [2.05, 4.69) is 187 Å². The van der Waals surface area contributed by atoms with Crippen LogP contribution in [0.15, 0.2) is 164 Å². The Hall–Kier alpha value is -5.57. The largest absolute Gasteiger partial charge is 0.310 e. The Bertz CT molecular complexity index is 2490. The average molecular weight is 637 g/mol. The minimum absolute atomic E-state index is 0.109. The number of hydrogen-bond donors (Lipinski definition) is 0. The number of anilines is 3. The second-order valence-electron chi connectivity index (χ2n) is 13.2. The number of aromatic nitrogens is 1. The van der Waals surface area contributed by atoms with Gasteiger partial charge in [-0.15, -0.1) is 0 Å². The normalized spacial score (nSPS) is 13.1. The lowest BCUT2D eigenvalue weighted by atomic mass is 9.82. The van der Waals surface area contributed by atoms with Crippen LogP contribution >= 0.6 is 11.6 Å². The van der Waals surface area contributed by atoms with Crippen molar-refractivity contribution in [2.24, 2.45) is 0 Å². The fourth-order valence-corrected chi connectivity index (χ4v) is 8.06. The Labute approximate surface area is 286 Å². The predicted molar refractivity (Wildman–Crippen MR) is 203 cm³/mol. The number of benzene rings is 7. The molecule has 0 N–H and O–H groups in total. The van der Waals surface area contributed by atoms with Crippen LogP contribution in [0.25, 0.3) is 49.7 Å². The Morgan fingerprint density at radius 2 is 1.19 bits per heavy atom. The second-order valence-corrected chi connectivity index (χ2v) is 13.6. The molecule has 0 spiro atoms. The Balaban J connectivity index is 1.28. The zero-order valence-electron chi connectivity index (χ0n) is 26.9. The highest BCUT2D eigenvalue weighted by atomic mass is 35.5. The van der Waals surface area contributed by atoms with Crippen LogP contribution in [0.5, 0.6) is 0 Å². The lowest BCUT2D eigenvalue weighted by molar-refractivity contribution is 0.660. The first-order chi connectivity index (χ1) is 23.5. The van der Waals surface area contributed by atoms with Crippen LogP contribution < -0.4 is 4.90 Å². The van der Waals surface area contributed by atoms with Crippen molar-refractivity contribution in [1.82, 2.24) is 4.57 Å². The van der Waals surface area contributed by atoms with Gasteiger partial charge in [-0.1, -0.05) is 135 Å². The molecule has 0 bridgehead atoms.